The number of nitrogens with zero attached hydrogens (tertiary/aromatic N) is 1. The molecule has 0 aromatic heterocycles. The number of nitrogens with one attached hydrogen (secondary N) is 1. The molecule has 0 radical (unpaired) electrons. The van der Waals surface area contributed by atoms with Crippen LogP contribution in [0.2, 0.25) is 0 Å². The Kier molecular flexibility index (Phi) is 5.56. The minimum absolute atomic E-state index is 0.152. The van der Waals surface area contributed by atoms with Crippen molar-refractivity contribution in [1.29, 1.82) is 0 Å². The van der Waals surface area contributed by atoms with E-state index in [1.54, 1.807) is 72.8 Å². The summed E-state index contributed by atoms with van der Waals surface area (Å²) in [4.78, 5) is 13.1. The van der Waals surface area contributed by atoms with Gasteiger partial charge in [0, 0.05) is 0 Å². The van der Waals surface area contributed by atoms with E-state index < -0.39 is 22.0 Å². The van der Waals surface area contributed by atoms with Crippen molar-refractivity contribution in [3.63, 3.8) is 0 Å². The van der Waals surface area contributed by atoms with Gasteiger partial charge in [-0.25, -0.2) is 8.42 Å². The van der Waals surface area contributed by atoms with Gasteiger partial charge < -0.3 is 14.8 Å². The number of ether oxygens (including phenoxy) is 2. The first-order chi connectivity index (χ1) is 14.9. The van der Waals surface area contributed by atoms with Gasteiger partial charge in [-0.05, 0) is 43.3 Å². The van der Waals surface area contributed by atoms with Crippen LogP contribution in [0, 0.1) is 6.92 Å². The Balaban J connectivity index is 1.67. The summed E-state index contributed by atoms with van der Waals surface area (Å²) in [6, 6.07) is 20.4. The van der Waals surface area contributed by atoms with Crippen molar-refractivity contribution in [1.82, 2.24) is 0 Å². The van der Waals surface area contributed by atoms with Gasteiger partial charge in [0.15, 0.2) is 6.10 Å². The quantitative estimate of drug-likeness (QED) is 0.658. The Bertz CT molecular complexity index is 1210. The first-order valence-corrected chi connectivity index (χ1v) is 11.1. The standard InChI is InChI=1S/C23H22N2O5S/c1-16-11-13-17(14-12-16)31(27,28)25-15-22(30-21-10-6-4-8-19(21)25)23(26)24-18-7-3-5-9-20(18)29-2/h3-14,22H,15H2,1-2H3,(H,24,26). The molecule has 160 valence electrons. The number of methoxy groups -OCH3 is 1. The summed E-state index contributed by atoms with van der Waals surface area (Å²) >= 11 is 0. The number of amides is 1. The van der Waals surface area contributed by atoms with E-state index in [1.165, 1.54) is 11.4 Å². The SMILES string of the molecule is COc1ccccc1NC(=O)C1CN(S(=O)(=O)c2ccc(C)cc2)c2ccccc2O1. The molecule has 0 saturated carbocycles. The van der Waals surface area contributed by atoms with Crippen LogP contribution in [0.15, 0.2) is 77.7 Å². The third-order valence-electron chi connectivity index (χ3n) is 5.00. The summed E-state index contributed by atoms with van der Waals surface area (Å²) in [6.07, 6.45) is -1.04. The van der Waals surface area contributed by atoms with Crippen LogP contribution >= 0.6 is 0 Å². The van der Waals surface area contributed by atoms with E-state index in [0.717, 1.165) is 5.56 Å². The zero-order valence-corrected chi connectivity index (χ0v) is 17.9. The third kappa shape index (κ3) is 4.06. The monoisotopic (exact) mass is 438 g/mol. The molecule has 1 atom stereocenters. The molecule has 7 nitrogen and oxygen atoms in total. The molecule has 3 aromatic carbocycles. The highest BCUT2D eigenvalue weighted by Crippen LogP contribution is 2.37. The number of rotatable bonds is 5. The molecule has 0 aliphatic carbocycles. The highest BCUT2D eigenvalue weighted by atomic mass is 32.2. The summed E-state index contributed by atoms with van der Waals surface area (Å²) in [5.74, 6) is 0.351. The molecule has 1 aliphatic heterocycles. The maximum absolute atomic E-state index is 13.4. The fourth-order valence-electron chi connectivity index (χ4n) is 3.36. The molecule has 1 unspecified atom stereocenters. The maximum atomic E-state index is 13.4. The summed E-state index contributed by atoms with van der Waals surface area (Å²) in [5.41, 5.74) is 1.82. The first kappa shape index (κ1) is 20.7. The van der Waals surface area contributed by atoms with Gasteiger partial charge in [-0.3, -0.25) is 9.10 Å². The lowest BCUT2D eigenvalue weighted by Gasteiger charge is -2.34. The average Bonchev–Trinajstić information content (AvgIpc) is 2.79. The molecule has 8 heteroatoms. The number of hydrogen-bond acceptors (Lipinski definition) is 5. The van der Waals surface area contributed by atoms with Gasteiger partial charge in [0.05, 0.1) is 29.9 Å². The Morgan fingerprint density at radius 2 is 1.71 bits per heavy atom. The number of fused-ring (bicyclic) bond motifs is 1. The van der Waals surface area contributed by atoms with Crippen LogP contribution < -0.4 is 19.1 Å². The Labute approximate surface area is 181 Å². The topological polar surface area (TPSA) is 84.9 Å². The van der Waals surface area contributed by atoms with Crippen LogP contribution in [-0.4, -0.2) is 34.1 Å². The number of para-hydroxylation sites is 4. The highest BCUT2D eigenvalue weighted by molar-refractivity contribution is 7.92. The average molecular weight is 439 g/mol. The van der Waals surface area contributed by atoms with Crippen molar-refractivity contribution in [2.75, 3.05) is 23.3 Å². The predicted molar refractivity (Wildman–Crippen MR) is 118 cm³/mol. The maximum Gasteiger partial charge on any atom is 0.267 e. The van der Waals surface area contributed by atoms with Crippen LogP contribution in [0.4, 0.5) is 11.4 Å². The molecule has 31 heavy (non-hydrogen) atoms. The number of carbonyl (C=O) groups excluding carboxylic acids is 1. The number of anilines is 2. The zero-order valence-electron chi connectivity index (χ0n) is 17.1. The predicted octanol–water partition coefficient (Wildman–Crippen LogP) is 3.60. The van der Waals surface area contributed by atoms with Crippen LogP contribution in [0.1, 0.15) is 5.56 Å². The molecule has 0 bridgehead atoms. The Morgan fingerprint density at radius 1 is 1.03 bits per heavy atom. The molecule has 3 aromatic rings. The second-order valence-corrected chi connectivity index (χ2v) is 8.98. The largest absolute Gasteiger partial charge is 0.495 e. The Hall–Kier alpha value is -3.52. The lowest BCUT2D eigenvalue weighted by molar-refractivity contribution is -0.122. The molecular formula is C23H22N2O5S. The van der Waals surface area contributed by atoms with Gasteiger partial charge in [0.25, 0.3) is 15.9 Å². The van der Waals surface area contributed by atoms with E-state index in [1.807, 2.05) is 6.92 Å². The van der Waals surface area contributed by atoms with Gasteiger partial charge in [-0.15, -0.1) is 0 Å². The molecule has 1 N–H and O–H groups in total. The zero-order chi connectivity index (χ0) is 22.0. The molecule has 0 fully saturated rings. The second kappa shape index (κ2) is 8.31. The second-order valence-electron chi connectivity index (χ2n) is 7.11. The van der Waals surface area contributed by atoms with Gasteiger partial charge in [-0.1, -0.05) is 42.0 Å². The summed E-state index contributed by atoms with van der Waals surface area (Å²) in [5, 5.41) is 2.77. The van der Waals surface area contributed by atoms with Crippen molar-refractivity contribution in [2.24, 2.45) is 0 Å². The number of aryl methyl sites for hydroxylation is 1. The molecule has 4 rings (SSSR count). The van der Waals surface area contributed by atoms with Crippen molar-refractivity contribution >= 4 is 27.3 Å². The third-order valence-corrected chi connectivity index (χ3v) is 6.80. The highest BCUT2D eigenvalue weighted by Gasteiger charge is 2.37. The molecule has 0 spiro atoms. The normalized spacial score (nSPS) is 15.5. The van der Waals surface area contributed by atoms with E-state index in [4.69, 9.17) is 9.47 Å². The summed E-state index contributed by atoms with van der Waals surface area (Å²) in [6.45, 7) is 1.73. The van der Waals surface area contributed by atoms with Gasteiger partial charge in [0.1, 0.15) is 11.5 Å². The van der Waals surface area contributed by atoms with Crippen LogP contribution in [0.3, 0.4) is 0 Å². The molecular weight excluding hydrogens is 416 g/mol. The van der Waals surface area contributed by atoms with Crippen molar-refractivity contribution in [2.45, 2.75) is 17.9 Å². The van der Waals surface area contributed by atoms with Crippen molar-refractivity contribution in [3.8, 4) is 11.5 Å². The van der Waals surface area contributed by atoms with E-state index in [-0.39, 0.29) is 11.4 Å². The van der Waals surface area contributed by atoms with Gasteiger partial charge >= 0.3 is 0 Å². The van der Waals surface area contributed by atoms with Crippen molar-refractivity contribution in [3.05, 3.63) is 78.4 Å². The van der Waals surface area contributed by atoms with E-state index in [0.29, 0.717) is 22.9 Å². The smallest absolute Gasteiger partial charge is 0.267 e. The fourth-order valence-corrected chi connectivity index (χ4v) is 4.84. The summed E-state index contributed by atoms with van der Waals surface area (Å²) < 4.78 is 39.2. The molecule has 1 amide bonds. The lowest BCUT2D eigenvalue weighted by atomic mass is 10.2. The number of sulfonamides is 1. The Morgan fingerprint density at radius 3 is 2.45 bits per heavy atom. The molecule has 0 saturated heterocycles. The minimum atomic E-state index is -3.90. The molecule has 1 heterocycles. The van der Waals surface area contributed by atoms with E-state index in [9.17, 15) is 13.2 Å². The minimum Gasteiger partial charge on any atom is -0.495 e. The van der Waals surface area contributed by atoms with Crippen LogP contribution in [0.25, 0.3) is 0 Å². The first-order valence-electron chi connectivity index (χ1n) is 9.69. The van der Waals surface area contributed by atoms with E-state index in [2.05, 4.69) is 5.32 Å². The summed E-state index contributed by atoms with van der Waals surface area (Å²) in [7, 11) is -2.39. The van der Waals surface area contributed by atoms with Gasteiger partial charge in [-0.2, -0.15) is 0 Å². The molecule has 1 aliphatic rings. The number of carbonyl (C=O) groups is 1. The van der Waals surface area contributed by atoms with Gasteiger partial charge in [0.2, 0.25) is 0 Å². The number of hydrogen-bond donors (Lipinski definition) is 1. The van der Waals surface area contributed by atoms with Crippen LogP contribution in [0.5, 0.6) is 11.5 Å². The van der Waals surface area contributed by atoms with Crippen LogP contribution in [-0.2, 0) is 14.8 Å². The van der Waals surface area contributed by atoms with E-state index >= 15 is 0 Å². The lowest BCUT2D eigenvalue weighted by Crippen LogP contribution is -2.48. The fraction of sp³-hybridized carbons (Fsp3) is 0.174. The number of benzene rings is 3. The van der Waals surface area contributed by atoms with Crippen molar-refractivity contribution < 1.29 is 22.7 Å².